The van der Waals surface area contributed by atoms with E-state index in [0.717, 1.165) is 21.9 Å². The maximum Gasteiger partial charge on any atom is 0.259 e. The Labute approximate surface area is 240 Å². The van der Waals surface area contributed by atoms with Crippen molar-refractivity contribution in [2.75, 3.05) is 25.1 Å². The number of anilines is 1. The van der Waals surface area contributed by atoms with Crippen molar-refractivity contribution in [2.24, 2.45) is 5.92 Å². The molecule has 1 unspecified atom stereocenters. The number of carbonyl (C=O) groups excluding carboxylic acids is 3. The third-order valence-electron chi connectivity index (χ3n) is 7.39. The molecule has 210 valence electrons. The van der Waals surface area contributed by atoms with Crippen LogP contribution in [0.15, 0.2) is 91.0 Å². The van der Waals surface area contributed by atoms with Crippen LogP contribution in [-0.2, 0) is 22.6 Å². The number of nitrogens with zero attached hydrogens (tertiary/aromatic N) is 2. The SMILES string of the molecule is COc1cccc(CN(C(=O)CN2C(=O)c3cccc4cccc2c34)C(Cc2ccccc2)C(=O)NCC(C)C)c1. The number of hydrogen-bond acceptors (Lipinski definition) is 4. The molecule has 7 heteroatoms. The van der Waals surface area contributed by atoms with Crippen LogP contribution in [0.25, 0.3) is 10.8 Å². The molecule has 0 saturated carbocycles. The molecule has 0 saturated heterocycles. The van der Waals surface area contributed by atoms with Gasteiger partial charge in [0.15, 0.2) is 0 Å². The van der Waals surface area contributed by atoms with Crippen LogP contribution in [0.1, 0.15) is 35.3 Å². The molecule has 41 heavy (non-hydrogen) atoms. The fourth-order valence-corrected chi connectivity index (χ4v) is 5.31. The van der Waals surface area contributed by atoms with Crippen LogP contribution in [-0.4, -0.2) is 48.9 Å². The van der Waals surface area contributed by atoms with Gasteiger partial charge in [0.2, 0.25) is 11.8 Å². The zero-order chi connectivity index (χ0) is 28.9. The normalized spacial score (nSPS) is 13.0. The van der Waals surface area contributed by atoms with Crippen LogP contribution in [0, 0.1) is 5.92 Å². The van der Waals surface area contributed by atoms with E-state index in [4.69, 9.17) is 4.74 Å². The summed E-state index contributed by atoms with van der Waals surface area (Å²) in [6, 6.07) is 27.7. The van der Waals surface area contributed by atoms with Crippen LogP contribution >= 0.6 is 0 Å². The molecule has 1 atom stereocenters. The summed E-state index contributed by atoms with van der Waals surface area (Å²) in [4.78, 5) is 44.6. The van der Waals surface area contributed by atoms with Gasteiger partial charge in [-0.1, -0.05) is 80.6 Å². The quantitative estimate of drug-likeness (QED) is 0.278. The van der Waals surface area contributed by atoms with Gasteiger partial charge in [0.25, 0.3) is 5.91 Å². The molecule has 1 aliphatic rings. The van der Waals surface area contributed by atoms with E-state index in [-0.39, 0.29) is 36.7 Å². The molecule has 5 rings (SSSR count). The lowest BCUT2D eigenvalue weighted by molar-refractivity contribution is -0.140. The van der Waals surface area contributed by atoms with E-state index < -0.39 is 6.04 Å². The first-order chi connectivity index (χ1) is 19.9. The number of carbonyl (C=O) groups is 3. The van der Waals surface area contributed by atoms with E-state index in [0.29, 0.717) is 30.0 Å². The van der Waals surface area contributed by atoms with E-state index in [1.165, 1.54) is 4.90 Å². The Hall–Kier alpha value is -4.65. The van der Waals surface area contributed by atoms with Crippen LogP contribution < -0.4 is 15.0 Å². The van der Waals surface area contributed by atoms with Crippen molar-refractivity contribution in [3.8, 4) is 5.75 Å². The Bertz CT molecular complexity index is 1560. The second-order valence-electron chi connectivity index (χ2n) is 10.8. The summed E-state index contributed by atoms with van der Waals surface area (Å²) < 4.78 is 5.42. The number of hydrogen-bond donors (Lipinski definition) is 1. The minimum Gasteiger partial charge on any atom is -0.497 e. The molecule has 4 aromatic rings. The fourth-order valence-electron chi connectivity index (χ4n) is 5.31. The number of methoxy groups -OCH3 is 1. The molecule has 0 radical (unpaired) electrons. The predicted molar refractivity (Wildman–Crippen MR) is 161 cm³/mol. The van der Waals surface area contributed by atoms with E-state index in [9.17, 15) is 14.4 Å². The molecule has 3 amide bonds. The summed E-state index contributed by atoms with van der Waals surface area (Å²) in [6.07, 6.45) is 0.338. The molecule has 4 aromatic carbocycles. The Balaban J connectivity index is 1.51. The number of amides is 3. The average Bonchev–Trinajstić information content (AvgIpc) is 3.26. The third-order valence-corrected chi connectivity index (χ3v) is 7.39. The monoisotopic (exact) mass is 549 g/mol. The first-order valence-electron chi connectivity index (χ1n) is 13.9. The van der Waals surface area contributed by atoms with Gasteiger partial charge in [-0.25, -0.2) is 0 Å². The van der Waals surface area contributed by atoms with Crippen molar-refractivity contribution in [2.45, 2.75) is 32.9 Å². The Kier molecular flexibility index (Phi) is 8.34. The van der Waals surface area contributed by atoms with E-state index in [1.807, 2.05) is 98.8 Å². The predicted octanol–water partition coefficient (Wildman–Crippen LogP) is 5.22. The second kappa shape index (κ2) is 12.3. The van der Waals surface area contributed by atoms with E-state index in [2.05, 4.69) is 5.32 Å². The summed E-state index contributed by atoms with van der Waals surface area (Å²) in [5, 5.41) is 4.84. The third kappa shape index (κ3) is 6.09. The van der Waals surface area contributed by atoms with Crippen LogP contribution in [0.3, 0.4) is 0 Å². The van der Waals surface area contributed by atoms with E-state index >= 15 is 0 Å². The van der Waals surface area contributed by atoms with Gasteiger partial charge in [-0.05, 0) is 46.7 Å². The van der Waals surface area contributed by atoms with Crippen molar-refractivity contribution < 1.29 is 19.1 Å². The molecule has 0 aromatic heterocycles. The van der Waals surface area contributed by atoms with Crippen LogP contribution in [0.5, 0.6) is 5.75 Å². The smallest absolute Gasteiger partial charge is 0.259 e. The van der Waals surface area contributed by atoms with Crippen LogP contribution in [0.2, 0.25) is 0 Å². The Morgan fingerprint density at radius 3 is 2.34 bits per heavy atom. The van der Waals surface area contributed by atoms with Crippen molar-refractivity contribution in [3.63, 3.8) is 0 Å². The molecule has 1 heterocycles. The van der Waals surface area contributed by atoms with Gasteiger partial charge in [-0.3, -0.25) is 19.3 Å². The number of rotatable bonds is 11. The zero-order valence-corrected chi connectivity index (χ0v) is 23.7. The average molecular weight is 550 g/mol. The second-order valence-corrected chi connectivity index (χ2v) is 10.8. The zero-order valence-electron chi connectivity index (χ0n) is 23.7. The molecule has 1 N–H and O–H groups in total. The topological polar surface area (TPSA) is 79.0 Å². The van der Waals surface area contributed by atoms with Crippen molar-refractivity contribution in [1.29, 1.82) is 0 Å². The summed E-state index contributed by atoms with van der Waals surface area (Å²) in [6.45, 7) is 4.56. The lowest BCUT2D eigenvalue weighted by atomic mass is 10.0. The molecule has 1 aliphatic heterocycles. The lowest BCUT2D eigenvalue weighted by Crippen LogP contribution is -2.53. The highest BCUT2D eigenvalue weighted by Gasteiger charge is 2.35. The highest BCUT2D eigenvalue weighted by molar-refractivity contribution is 6.26. The fraction of sp³-hybridized carbons (Fsp3) is 0.265. The minimum atomic E-state index is -0.786. The van der Waals surface area contributed by atoms with Crippen molar-refractivity contribution >= 4 is 34.2 Å². The standard InChI is InChI=1S/C34H35N3O4/c1-23(2)20-35-33(39)30(19-24-10-5-4-6-11-24)36(21-25-12-7-15-27(18-25)41-3)31(38)22-37-29-17-9-14-26-13-8-16-28(32(26)29)34(37)40/h4-18,23,30H,19-22H2,1-3H3,(H,35,39). The number of benzene rings is 4. The number of ether oxygens (including phenoxy) is 1. The summed E-state index contributed by atoms with van der Waals surface area (Å²) in [5.74, 6) is 0.162. The van der Waals surface area contributed by atoms with Gasteiger partial charge in [0, 0.05) is 30.5 Å². The number of nitrogens with one attached hydrogen (secondary N) is 1. The maximum atomic E-state index is 14.3. The summed E-state index contributed by atoms with van der Waals surface area (Å²) >= 11 is 0. The molecule has 0 fully saturated rings. The van der Waals surface area contributed by atoms with E-state index in [1.54, 1.807) is 18.1 Å². The van der Waals surface area contributed by atoms with Crippen molar-refractivity contribution in [3.05, 3.63) is 108 Å². The van der Waals surface area contributed by atoms with Crippen molar-refractivity contribution in [1.82, 2.24) is 10.2 Å². The Morgan fingerprint density at radius 1 is 0.902 bits per heavy atom. The molecule has 7 nitrogen and oxygen atoms in total. The molecule has 0 aliphatic carbocycles. The largest absolute Gasteiger partial charge is 0.497 e. The Morgan fingerprint density at radius 2 is 1.61 bits per heavy atom. The molecular formula is C34H35N3O4. The highest BCUT2D eigenvalue weighted by Crippen LogP contribution is 2.37. The first-order valence-corrected chi connectivity index (χ1v) is 13.9. The van der Waals surface area contributed by atoms with Gasteiger partial charge in [-0.15, -0.1) is 0 Å². The van der Waals surface area contributed by atoms with Gasteiger partial charge < -0.3 is 15.0 Å². The highest BCUT2D eigenvalue weighted by atomic mass is 16.5. The van der Waals surface area contributed by atoms with Gasteiger partial charge >= 0.3 is 0 Å². The molecule has 0 spiro atoms. The van der Waals surface area contributed by atoms with Gasteiger partial charge in [0.05, 0.1) is 12.8 Å². The summed E-state index contributed by atoms with van der Waals surface area (Å²) in [7, 11) is 1.59. The molecule has 0 bridgehead atoms. The van der Waals surface area contributed by atoms with Gasteiger partial charge in [-0.2, -0.15) is 0 Å². The molecular weight excluding hydrogens is 514 g/mol. The minimum absolute atomic E-state index is 0.181. The van der Waals surface area contributed by atoms with Gasteiger partial charge in [0.1, 0.15) is 18.3 Å². The van der Waals surface area contributed by atoms with Crippen LogP contribution in [0.4, 0.5) is 5.69 Å². The lowest BCUT2D eigenvalue weighted by Gasteiger charge is -2.33. The maximum absolute atomic E-state index is 14.3. The first kappa shape index (κ1) is 27.9. The summed E-state index contributed by atoms with van der Waals surface area (Å²) in [5.41, 5.74) is 3.06.